The minimum atomic E-state index is -3.80. The van der Waals surface area contributed by atoms with Crippen molar-refractivity contribution in [3.05, 3.63) is 76.8 Å². The first kappa shape index (κ1) is 24.7. The molecule has 0 unspecified atom stereocenters. The average Bonchev–Trinajstić information content (AvgIpc) is 2.77. The third-order valence-corrected chi connectivity index (χ3v) is 6.34. The van der Waals surface area contributed by atoms with Crippen molar-refractivity contribution in [2.45, 2.75) is 24.8 Å². The third-order valence-electron chi connectivity index (χ3n) is 4.42. The van der Waals surface area contributed by atoms with E-state index in [4.69, 9.17) is 32.7 Å². The number of carbonyl (C=O) groups is 1. The van der Waals surface area contributed by atoms with Gasteiger partial charge in [-0.25, -0.2) is 8.42 Å². The molecule has 1 amide bonds. The van der Waals surface area contributed by atoms with Crippen molar-refractivity contribution in [2.75, 3.05) is 16.6 Å². The Hall–Kier alpha value is -2.94. The smallest absolute Gasteiger partial charge is 0.265 e. The Balaban J connectivity index is 1.62. The zero-order valence-electron chi connectivity index (χ0n) is 17.8. The molecule has 0 spiro atoms. The highest BCUT2D eigenvalue weighted by atomic mass is 35.5. The number of benzene rings is 3. The highest BCUT2D eigenvalue weighted by Gasteiger charge is 2.18. The van der Waals surface area contributed by atoms with Crippen LogP contribution in [0.4, 0.5) is 11.4 Å². The molecule has 0 aliphatic rings. The average molecular weight is 509 g/mol. The van der Waals surface area contributed by atoms with Gasteiger partial charge in [-0.2, -0.15) is 0 Å². The Labute approximate surface area is 202 Å². The van der Waals surface area contributed by atoms with Gasteiger partial charge in [-0.3, -0.25) is 9.52 Å². The minimum Gasteiger partial charge on any atom is -0.494 e. The highest BCUT2D eigenvalue weighted by Crippen LogP contribution is 2.28. The number of sulfonamides is 1. The lowest BCUT2D eigenvalue weighted by Gasteiger charge is -2.16. The van der Waals surface area contributed by atoms with Crippen LogP contribution < -0.4 is 19.5 Å². The van der Waals surface area contributed by atoms with E-state index in [0.717, 1.165) is 0 Å². The normalized spacial score (nSPS) is 12.0. The largest absolute Gasteiger partial charge is 0.494 e. The zero-order chi connectivity index (χ0) is 24.0. The van der Waals surface area contributed by atoms with Gasteiger partial charge >= 0.3 is 0 Å². The van der Waals surface area contributed by atoms with Gasteiger partial charge in [-0.05, 0) is 80.6 Å². The molecule has 0 aliphatic carbocycles. The van der Waals surface area contributed by atoms with Crippen LogP contribution in [0, 0.1) is 0 Å². The fourth-order valence-electron chi connectivity index (χ4n) is 2.78. The lowest BCUT2D eigenvalue weighted by atomic mass is 10.3. The van der Waals surface area contributed by atoms with E-state index in [2.05, 4.69) is 10.0 Å². The zero-order valence-corrected chi connectivity index (χ0v) is 20.2. The van der Waals surface area contributed by atoms with Gasteiger partial charge in [0, 0.05) is 16.4 Å². The van der Waals surface area contributed by atoms with E-state index in [9.17, 15) is 13.2 Å². The topological polar surface area (TPSA) is 93.7 Å². The number of amides is 1. The van der Waals surface area contributed by atoms with Crippen LogP contribution in [0.3, 0.4) is 0 Å². The summed E-state index contributed by atoms with van der Waals surface area (Å²) in [7, 11) is -3.80. The monoisotopic (exact) mass is 508 g/mol. The number of hydrogen-bond acceptors (Lipinski definition) is 5. The summed E-state index contributed by atoms with van der Waals surface area (Å²) < 4.78 is 38.7. The molecular weight excluding hydrogens is 487 g/mol. The van der Waals surface area contributed by atoms with Crippen LogP contribution >= 0.6 is 23.2 Å². The van der Waals surface area contributed by atoms with E-state index in [1.54, 1.807) is 43.3 Å². The van der Waals surface area contributed by atoms with Gasteiger partial charge in [0.25, 0.3) is 15.9 Å². The van der Waals surface area contributed by atoms with Crippen molar-refractivity contribution in [1.29, 1.82) is 0 Å². The fourth-order valence-corrected chi connectivity index (χ4v) is 4.29. The molecule has 0 radical (unpaired) electrons. The molecule has 174 valence electrons. The maximum atomic E-state index is 12.6. The molecule has 10 heteroatoms. The number of rotatable bonds is 9. The molecule has 2 N–H and O–H groups in total. The second-order valence-corrected chi connectivity index (χ2v) is 9.44. The molecule has 3 aromatic rings. The van der Waals surface area contributed by atoms with E-state index in [-0.39, 0.29) is 9.92 Å². The Morgan fingerprint density at radius 1 is 0.970 bits per heavy atom. The van der Waals surface area contributed by atoms with Crippen LogP contribution in [0.5, 0.6) is 11.5 Å². The van der Waals surface area contributed by atoms with E-state index < -0.39 is 22.0 Å². The van der Waals surface area contributed by atoms with Crippen LogP contribution in [-0.2, 0) is 14.8 Å². The summed E-state index contributed by atoms with van der Waals surface area (Å²) in [4.78, 5) is 12.5. The number of halogens is 2. The van der Waals surface area contributed by atoms with Crippen molar-refractivity contribution in [3.8, 4) is 11.5 Å². The molecule has 0 bridgehead atoms. The van der Waals surface area contributed by atoms with Gasteiger partial charge in [0.2, 0.25) is 0 Å². The van der Waals surface area contributed by atoms with E-state index >= 15 is 0 Å². The maximum absolute atomic E-state index is 12.6. The first-order valence-electron chi connectivity index (χ1n) is 9.96. The fraction of sp³-hybridized carbons (Fsp3) is 0.174. The van der Waals surface area contributed by atoms with Crippen LogP contribution in [0.2, 0.25) is 10.0 Å². The number of nitrogens with one attached hydrogen (secondary N) is 2. The molecule has 3 rings (SSSR count). The van der Waals surface area contributed by atoms with E-state index in [0.29, 0.717) is 34.5 Å². The number of anilines is 2. The molecule has 0 aliphatic heterocycles. The summed E-state index contributed by atoms with van der Waals surface area (Å²) >= 11 is 11.9. The third kappa shape index (κ3) is 6.77. The second-order valence-electron chi connectivity index (χ2n) is 6.91. The van der Waals surface area contributed by atoms with Crippen molar-refractivity contribution in [2.24, 2.45) is 0 Å². The molecule has 33 heavy (non-hydrogen) atoms. The summed E-state index contributed by atoms with van der Waals surface area (Å²) in [5, 5.41) is 3.42. The maximum Gasteiger partial charge on any atom is 0.265 e. The van der Waals surface area contributed by atoms with Crippen LogP contribution in [0.15, 0.2) is 71.6 Å². The second kappa shape index (κ2) is 10.8. The summed E-state index contributed by atoms with van der Waals surface area (Å²) in [5.41, 5.74) is 0.820. The Bertz CT molecular complexity index is 1220. The summed E-state index contributed by atoms with van der Waals surface area (Å²) in [6.45, 7) is 3.96. The first-order valence-corrected chi connectivity index (χ1v) is 12.2. The van der Waals surface area contributed by atoms with E-state index in [1.165, 1.54) is 30.3 Å². The molecular formula is C23H22Cl2N2O5S. The standard InChI is InChI=1S/C23H22Cl2N2O5S/c1-3-31-19-9-5-18(6-10-19)27-33(29,30)20-11-7-17(8-12-20)26-23(28)15(2)32-22-13-4-16(24)14-21(22)25/h4-15,27H,3H2,1-2H3,(H,26,28)/t15-/m1/s1. The summed E-state index contributed by atoms with van der Waals surface area (Å²) in [6.07, 6.45) is -0.853. The van der Waals surface area contributed by atoms with Crippen LogP contribution in [-0.4, -0.2) is 27.0 Å². The van der Waals surface area contributed by atoms with Gasteiger partial charge in [-0.15, -0.1) is 0 Å². The van der Waals surface area contributed by atoms with Crippen molar-refractivity contribution in [3.63, 3.8) is 0 Å². The van der Waals surface area contributed by atoms with Crippen LogP contribution in [0.1, 0.15) is 13.8 Å². The van der Waals surface area contributed by atoms with Gasteiger partial charge in [0.1, 0.15) is 11.5 Å². The van der Waals surface area contributed by atoms with Crippen molar-refractivity contribution < 1.29 is 22.7 Å². The predicted octanol–water partition coefficient (Wildman–Crippen LogP) is 5.60. The Morgan fingerprint density at radius 3 is 2.21 bits per heavy atom. The minimum absolute atomic E-state index is 0.0478. The van der Waals surface area contributed by atoms with Crippen molar-refractivity contribution in [1.82, 2.24) is 0 Å². The lowest BCUT2D eigenvalue weighted by molar-refractivity contribution is -0.122. The summed E-state index contributed by atoms with van der Waals surface area (Å²) in [5.74, 6) is 0.548. The SMILES string of the molecule is CCOc1ccc(NS(=O)(=O)c2ccc(NC(=O)[C@@H](C)Oc3ccc(Cl)cc3Cl)cc2)cc1. The summed E-state index contributed by atoms with van der Waals surface area (Å²) in [6, 6.07) is 17.1. The molecule has 1 atom stereocenters. The van der Waals surface area contributed by atoms with E-state index in [1.807, 2.05) is 6.92 Å². The number of ether oxygens (including phenoxy) is 2. The molecule has 7 nitrogen and oxygen atoms in total. The molecule has 0 saturated heterocycles. The highest BCUT2D eigenvalue weighted by molar-refractivity contribution is 7.92. The van der Waals surface area contributed by atoms with Gasteiger partial charge < -0.3 is 14.8 Å². The molecule has 3 aromatic carbocycles. The predicted molar refractivity (Wildman–Crippen MR) is 130 cm³/mol. The van der Waals surface area contributed by atoms with Crippen LogP contribution in [0.25, 0.3) is 0 Å². The van der Waals surface area contributed by atoms with Gasteiger partial charge in [0.15, 0.2) is 6.10 Å². The lowest BCUT2D eigenvalue weighted by Crippen LogP contribution is -2.30. The quantitative estimate of drug-likeness (QED) is 0.392. The molecule has 0 heterocycles. The number of carbonyl (C=O) groups excluding carboxylic acids is 1. The Kier molecular flexibility index (Phi) is 8.07. The molecule has 0 aromatic heterocycles. The molecule has 0 saturated carbocycles. The van der Waals surface area contributed by atoms with Crippen molar-refractivity contribution >= 4 is 50.5 Å². The molecule has 0 fully saturated rings. The number of hydrogen-bond donors (Lipinski definition) is 2. The van der Waals surface area contributed by atoms with Gasteiger partial charge in [-0.1, -0.05) is 23.2 Å². The van der Waals surface area contributed by atoms with Gasteiger partial charge in [0.05, 0.1) is 16.5 Å². The first-order chi connectivity index (χ1) is 15.7. The Morgan fingerprint density at radius 2 is 1.61 bits per heavy atom.